The number of halogens is 1. The summed E-state index contributed by atoms with van der Waals surface area (Å²) in [6.45, 7) is 0. The highest BCUT2D eigenvalue weighted by molar-refractivity contribution is 9.10. The fourth-order valence-corrected chi connectivity index (χ4v) is 1.72. The van der Waals surface area contributed by atoms with Crippen molar-refractivity contribution in [1.82, 2.24) is 9.97 Å². The molecular weight excluding hydrogens is 326 g/mol. The zero-order chi connectivity index (χ0) is 14.5. The molecule has 1 aromatic heterocycles. The van der Waals surface area contributed by atoms with E-state index in [9.17, 15) is 9.59 Å². The minimum absolute atomic E-state index is 0.0412. The number of amides is 1. The molecule has 1 N–H and O–H groups in total. The van der Waals surface area contributed by atoms with Gasteiger partial charge in [-0.1, -0.05) is 15.9 Å². The van der Waals surface area contributed by atoms with Gasteiger partial charge in [0.05, 0.1) is 7.11 Å². The van der Waals surface area contributed by atoms with E-state index in [-0.39, 0.29) is 17.4 Å². The number of anilines is 1. The van der Waals surface area contributed by atoms with Crippen molar-refractivity contribution in [3.05, 3.63) is 52.4 Å². The molecule has 1 amide bonds. The van der Waals surface area contributed by atoms with Crippen LogP contribution in [0.25, 0.3) is 0 Å². The topological polar surface area (TPSA) is 81.2 Å². The highest BCUT2D eigenvalue weighted by Crippen LogP contribution is 2.14. The molecule has 0 spiro atoms. The Bertz CT molecular complexity index is 644. The maximum Gasteiger partial charge on any atom is 0.360 e. The molecule has 1 aromatic carbocycles. The molecule has 0 saturated heterocycles. The van der Waals surface area contributed by atoms with Gasteiger partial charge in [-0.15, -0.1) is 0 Å². The van der Waals surface area contributed by atoms with E-state index < -0.39 is 5.97 Å². The standard InChI is InChI=1S/C13H10BrN3O3/c1-20-13(19)10-11(16-7-6-15-10)17-12(18)8-2-4-9(14)5-3-8/h2-7H,1H3,(H,16,17,18). The molecule has 0 saturated carbocycles. The third-order valence-electron chi connectivity index (χ3n) is 2.42. The van der Waals surface area contributed by atoms with Gasteiger partial charge in [0.15, 0.2) is 11.5 Å². The summed E-state index contributed by atoms with van der Waals surface area (Å²) in [5, 5.41) is 2.53. The summed E-state index contributed by atoms with van der Waals surface area (Å²) in [4.78, 5) is 31.3. The highest BCUT2D eigenvalue weighted by Gasteiger charge is 2.17. The number of carbonyl (C=O) groups is 2. The van der Waals surface area contributed by atoms with Crippen LogP contribution < -0.4 is 5.32 Å². The number of hydrogen-bond donors (Lipinski definition) is 1. The first-order valence-corrected chi connectivity index (χ1v) is 6.37. The monoisotopic (exact) mass is 335 g/mol. The smallest absolute Gasteiger partial charge is 0.360 e. The van der Waals surface area contributed by atoms with E-state index in [1.54, 1.807) is 24.3 Å². The van der Waals surface area contributed by atoms with Gasteiger partial charge in [0.25, 0.3) is 5.91 Å². The van der Waals surface area contributed by atoms with Crippen LogP contribution in [0.1, 0.15) is 20.8 Å². The van der Waals surface area contributed by atoms with Gasteiger partial charge in [-0.05, 0) is 24.3 Å². The molecule has 2 aromatic rings. The number of methoxy groups -OCH3 is 1. The first kappa shape index (κ1) is 14.1. The molecule has 2 rings (SSSR count). The summed E-state index contributed by atoms with van der Waals surface area (Å²) in [5.74, 6) is -0.986. The Morgan fingerprint density at radius 1 is 1.15 bits per heavy atom. The van der Waals surface area contributed by atoms with Gasteiger partial charge in [0, 0.05) is 22.4 Å². The third kappa shape index (κ3) is 3.18. The van der Waals surface area contributed by atoms with Crippen LogP contribution in [-0.4, -0.2) is 29.0 Å². The van der Waals surface area contributed by atoms with Crippen molar-refractivity contribution < 1.29 is 14.3 Å². The summed E-state index contributed by atoms with van der Waals surface area (Å²) in [6, 6.07) is 6.78. The molecule has 0 radical (unpaired) electrons. The van der Waals surface area contributed by atoms with Crippen LogP contribution in [0.5, 0.6) is 0 Å². The van der Waals surface area contributed by atoms with Crippen LogP contribution in [0.4, 0.5) is 5.82 Å². The van der Waals surface area contributed by atoms with Gasteiger partial charge in [-0.3, -0.25) is 4.79 Å². The summed E-state index contributed by atoms with van der Waals surface area (Å²) in [7, 11) is 1.23. The van der Waals surface area contributed by atoms with Crippen molar-refractivity contribution in [3.63, 3.8) is 0 Å². The molecule has 6 nitrogen and oxygen atoms in total. The zero-order valence-corrected chi connectivity index (χ0v) is 12.0. The first-order chi connectivity index (χ1) is 9.61. The van der Waals surface area contributed by atoms with E-state index in [1.807, 2.05) is 0 Å². The van der Waals surface area contributed by atoms with Crippen molar-refractivity contribution in [1.29, 1.82) is 0 Å². The lowest BCUT2D eigenvalue weighted by Gasteiger charge is -2.07. The fraction of sp³-hybridized carbons (Fsp3) is 0.0769. The molecule has 1 heterocycles. The molecule has 0 bridgehead atoms. The zero-order valence-electron chi connectivity index (χ0n) is 10.5. The van der Waals surface area contributed by atoms with Crippen molar-refractivity contribution >= 4 is 33.6 Å². The van der Waals surface area contributed by atoms with Crippen LogP contribution in [0.2, 0.25) is 0 Å². The Morgan fingerprint density at radius 2 is 1.80 bits per heavy atom. The minimum atomic E-state index is -0.663. The lowest BCUT2D eigenvalue weighted by molar-refractivity contribution is 0.0595. The first-order valence-electron chi connectivity index (χ1n) is 5.58. The summed E-state index contributed by atoms with van der Waals surface area (Å²) >= 11 is 3.29. The molecule has 0 aliphatic heterocycles. The number of ether oxygens (including phenoxy) is 1. The largest absolute Gasteiger partial charge is 0.464 e. The van der Waals surface area contributed by atoms with Crippen LogP contribution in [0.3, 0.4) is 0 Å². The van der Waals surface area contributed by atoms with Gasteiger partial charge >= 0.3 is 5.97 Å². The maximum absolute atomic E-state index is 12.0. The molecule has 0 aliphatic rings. The lowest BCUT2D eigenvalue weighted by Crippen LogP contribution is -2.17. The molecule has 7 heteroatoms. The fourth-order valence-electron chi connectivity index (χ4n) is 1.46. The lowest BCUT2D eigenvalue weighted by atomic mass is 10.2. The van der Waals surface area contributed by atoms with E-state index in [2.05, 4.69) is 36.0 Å². The van der Waals surface area contributed by atoms with E-state index in [0.717, 1.165) is 4.47 Å². The Morgan fingerprint density at radius 3 is 2.45 bits per heavy atom. The molecule has 0 fully saturated rings. The molecule has 0 atom stereocenters. The van der Waals surface area contributed by atoms with Gasteiger partial charge in [-0.2, -0.15) is 0 Å². The Labute approximate surface area is 123 Å². The van der Waals surface area contributed by atoms with Gasteiger partial charge < -0.3 is 10.1 Å². The maximum atomic E-state index is 12.0. The van der Waals surface area contributed by atoms with E-state index >= 15 is 0 Å². The minimum Gasteiger partial charge on any atom is -0.464 e. The third-order valence-corrected chi connectivity index (χ3v) is 2.94. The highest BCUT2D eigenvalue weighted by atomic mass is 79.9. The average Bonchev–Trinajstić information content (AvgIpc) is 2.47. The number of rotatable bonds is 3. The van der Waals surface area contributed by atoms with Crippen LogP contribution >= 0.6 is 15.9 Å². The normalized spacial score (nSPS) is 9.90. The summed E-state index contributed by atoms with van der Waals surface area (Å²) in [6.07, 6.45) is 2.73. The van der Waals surface area contributed by atoms with Crippen molar-refractivity contribution in [3.8, 4) is 0 Å². The number of nitrogens with one attached hydrogen (secondary N) is 1. The predicted molar refractivity (Wildman–Crippen MR) is 75.5 cm³/mol. The van der Waals surface area contributed by atoms with Crippen LogP contribution in [0.15, 0.2) is 41.1 Å². The Balaban J connectivity index is 2.24. The van der Waals surface area contributed by atoms with Crippen molar-refractivity contribution in [2.24, 2.45) is 0 Å². The number of aromatic nitrogens is 2. The second kappa shape index (κ2) is 6.25. The van der Waals surface area contributed by atoms with E-state index in [4.69, 9.17) is 0 Å². The van der Waals surface area contributed by atoms with Gasteiger partial charge in [-0.25, -0.2) is 14.8 Å². The number of carbonyl (C=O) groups excluding carboxylic acids is 2. The Kier molecular flexibility index (Phi) is 4.41. The molecule has 102 valence electrons. The van der Waals surface area contributed by atoms with Gasteiger partial charge in [0.1, 0.15) is 0 Å². The number of nitrogens with zero attached hydrogens (tertiary/aromatic N) is 2. The second-order valence-corrected chi connectivity index (χ2v) is 4.62. The van der Waals surface area contributed by atoms with Crippen LogP contribution in [-0.2, 0) is 4.74 Å². The average molecular weight is 336 g/mol. The molecule has 0 unspecified atom stereocenters. The SMILES string of the molecule is COC(=O)c1nccnc1NC(=O)c1ccc(Br)cc1. The van der Waals surface area contributed by atoms with E-state index in [0.29, 0.717) is 5.56 Å². The predicted octanol–water partition coefficient (Wildman–Crippen LogP) is 2.28. The Hall–Kier alpha value is -2.28. The number of benzene rings is 1. The second-order valence-electron chi connectivity index (χ2n) is 3.71. The van der Waals surface area contributed by atoms with E-state index in [1.165, 1.54) is 19.5 Å². The summed E-state index contributed by atoms with van der Waals surface area (Å²) < 4.78 is 5.45. The van der Waals surface area contributed by atoms with Crippen LogP contribution in [0, 0.1) is 0 Å². The molecular formula is C13H10BrN3O3. The quantitative estimate of drug-likeness (QED) is 0.870. The van der Waals surface area contributed by atoms with Gasteiger partial charge in [0.2, 0.25) is 0 Å². The molecule has 20 heavy (non-hydrogen) atoms. The summed E-state index contributed by atoms with van der Waals surface area (Å²) in [5.41, 5.74) is 0.398. The number of esters is 1. The molecule has 0 aliphatic carbocycles. The van der Waals surface area contributed by atoms with Crippen molar-refractivity contribution in [2.45, 2.75) is 0 Å². The number of hydrogen-bond acceptors (Lipinski definition) is 5. The van der Waals surface area contributed by atoms with Crippen molar-refractivity contribution in [2.75, 3.05) is 12.4 Å².